The molecule has 1 saturated heterocycles. The smallest absolute Gasteiger partial charge is 0.319 e. The molecule has 2 aromatic rings. The van der Waals surface area contributed by atoms with E-state index in [0.29, 0.717) is 13.1 Å². The number of carbonyl (C=O) groups excluding carboxylic acids is 2. The Morgan fingerprint density at radius 1 is 1.29 bits per heavy atom. The minimum atomic E-state index is -3.91. The third-order valence-electron chi connectivity index (χ3n) is 6.56. The Bertz CT molecular complexity index is 1370. The lowest BCUT2D eigenvalue weighted by molar-refractivity contribution is 0.0466. The Labute approximate surface area is 221 Å². The van der Waals surface area contributed by atoms with Gasteiger partial charge in [-0.1, -0.05) is 6.07 Å². The maximum Gasteiger partial charge on any atom is 0.319 e. The summed E-state index contributed by atoms with van der Waals surface area (Å²) in [7, 11) is -1.89. The van der Waals surface area contributed by atoms with Gasteiger partial charge in [-0.3, -0.25) is 4.79 Å². The second-order valence-electron chi connectivity index (χ2n) is 10.3. The summed E-state index contributed by atoms with van der Waals surface area (Å²) in [4.78, 5) is 38.0. The zero-order valence-corrected chi connectivity index (χ0v) is 23.0. The highest BCUT2D eigenvalue weighted by atomic mass is 32.2. The summed E-state index contributed by atoms with van der Waals surface area (Å²) in [5, 5.41) is 4.39. The van der Waals surface area contributed by atoms with E-state index in [1.54, 1.807) is 25.7 Å². The number of ether oxygens (including phenoxy) is 1. The molecule has 0 radical (unpaired) electrons. The van der Waals surface area contributed by atoms with E-state index in [-0.39, 0.29) is 41.0 Å². The fraction of sp³-hybridized carbons (Fsp3) is 0.520. The Balaban J connectivity index is 1.84. The first-order valence-corrected chi connectivity index (χ1v) is 14.3. The van der Waals surface area contributed by atoms with Gasteiger partial charge in [-0.05, 0) is 59.3 Å². The van der Waals surface area contributed by atoms with Crippen molar-refractivity contribution in [3.63, 3.8) is 0 Å². The van der Waals surface area contributed by atoms with E-state index >= 15 is 4.39 Å². The molecule has 3 heterocycles. The molecule has 1 fully saturated rings. The molecule has 4 rings (SSSR count). The van der Waals surface area contributed by atoms with Crippen LogP contribution in [0.3, 0.4) is 0 Å². The van der Waals surface area contributed by atoms with Crippen molar-refractivity contribution in [2.24, 2.45) is 0 Å². The summed E-state index contributed by atoms with van der Waals surface area (Å²) >= 11 is 0. The van der Waals surface area contributed by atoms with Crippen LogP contribution in [0.25, 0.3) is 11.3 Å². The molecule has 1 aromatic carbocycles. The summed E-state index contributed by atoms with van der Waals surface area (Å²) in [5.41, 5.74) is -0.928. The fourth-order valence-electron chi connectivity index (χ4n) is 4.75. The van der Waals surface area contributed by atoms with Crippen LogP contribution in [-0.4, -0.2) is 91.2 Å². The molecule has 0 unspecified atom stereocenters. The highest BCUT2D eigenvalue weighted by Crippen LogP contribution is 2.36. The number of aromatic nitrogens is 2. The van der Waals surface area contributed by atoms with Crippen LogP contribution < -0.4 is 15.4 Å². The number of hydrogen-bond acceptors (Lipinski definition) is 8. The second-order valence-corrected chi connectivity index (χ2v) is 12.2. The number of likely N-dealkylation sites (N-methyl/N-ethyl adjacent to an activating group) is 1. The molecule has 13 heteroatoms. The second kappa shape index (κ2) is 10.4. The van der Waals surface area contributed by atoms with Gasteiger partial charge in [0.05, 0.1) is 17.9 Å². The predicted octanol–water partition coefficient (Wildman–Crippen LogP) is 2.54. The normalized spacial score (nSPS) is 19.5. The van der Waals surface area contributed by atoms with E-state index in [0.717, 1.165) is 31.7 Å². The van der Waals surface area contributed by atoms with Crippen molar-refractivity contribution in [1.29, 1.82) is 0 Å². The maximum absolute atomic E-state index is 15.1. The SMILES string of the molecule is CCNC(=O)Nc1ccc(-c2nc(S(C)(=O)=O)nc3c2C(=O)N(C[C@@H]2CCCN2C)CC(C)(C)O3)cc1F. The zero-order valence-electron chi connectivity index (χ0n) is 22.2. The van der Waals surface area contributed by atoms with Crippen LogP contribution in [0.15, 0.2) is 23.4 Å². The molecule has 2 N–H and O–H groups in total. The first-order valence-electron chi connectivity index (χ1n) is 12.4. The van der Waals surface area contributed by atoms with E-state index < -0.39 is 38.4 Å². The van der Waals surface area contributed by atoms with Crippen molar-refractivity contribution in [3.8, 4) is 17.1 Å². The number of benzene rings is 1. The van der Waals surface area contributed by atoms with Crippen LogP contribution >= 0.6 is 0 Å². The van der Waals surface area contributed by atoms with Gasteiger partial charge in [-0.25, -0.2) is 22.6 Å². The standard InChI is InChI=1S/C25H33FN6O5S/c1-6-27-23(34)28-18-10-9-15(12-17(18)26)20-19-21(30-24(29-20)38(5,35)36)37-25(2,3)14-32(22(19)33)13-16-8-7-11-31(16)4/h9-10,12,16H,6-8,11,13-14H2,1-5H3,(H2,27,28,34)/t16-/m0/s1. The number of likely N-dealkylation sites (tertiary alicyclic amines) is 1. The minimum absolute atomic E-state index is 0.0348. The van der Waals surface area contributed by atoms with Crippen LogP contribution in [0.2, 0.25) is 0 Å². The summed E-state index contributed by atoms with van der Waals surface area (Å²) in [6.45, 7) is 7.30. The average molecular weight is 549 g/mol. The predicted molar refractivity (Wildman–Crippen MR) is 139 cm³/mol. The fourth-order valence-corrected chi connectivity index (χ4v) is 5.25. The number of halogens is 1. The van der Waals surface area contributed by atoms with Crippen LogP contribution in [0.1, 0.15) is 44.0 Å². The lowest BCUT2D eigenvalue weighted by atomic mass is 10.0. The number of anilines is 1. The van der Waals surface area contributed by atoms with E-state index in [2.05, 4.69) is 25.5 Å². The molecular weight excluding hydrogens is 515 g/mol. The van der Waals surface area contributed by atoms with Gasteiger partial charge in [0.25, 0.3) is 11.1 Å². The molecule has 11 nitrogen and oxygen atoms in total. The lowest BCUT2D eigenvalue weighted by Crippen LogP contribution is -2.47. The van der Waals surface area contributed by atoms with E-state index in [1.807, 2.05) is 7.05 Å². The molecule has 1 atom stereocenters. The minimum Gasteiger partial charge on any atom is -0.469 e. The molecule has 2 aliphatic rings. The number of hydrogen-bond donors (Lipinski definition) is 2. The molecule has 0 spiro atoms. The highest BCUT2D eigenvalue weighted by Gasteiger charge is 2.40. The van der Waals surface area contributed by atoms with Crippen LogP contribution in [0.4, 0.5) is 14.9 Å². The van der Waals surface area contributed by atoms with Crippen molar-refractivity contribution in [3.05, 3.63) is 29.6 Å². The number of amides is 3. The van der Waals surface area contributed by atoms with Gasteiger partial charge in [0.1, 0.15) is 17.0 Å². The number of urea groups is 1. The summed E-state index contributed by atoms with van der Waals surface area (Å²) in [6.07, 6.45) is 2.92. The number of carbonyl (C=O) groups is 2. The van der Waals surface area contributed by atoms with E-state index in [9.17, 15) is 18.0 Å². The Hall–Kier alpha value is -3.32. The highest BCUT2D eigenvalue weighted by molar-refractivity contribution is 7.90. The van der Waals surface area contributed by atoms with Gasteiger partial charge in [0, 0.05) is 31.0 Å². The van der Waals surface area contributed by atoms with Crippen LogP contribution in [-0.2, 0) is 9.84 Å². The topological polar surface area (TPSA) is 134 Å². The van der Waals surface area contributed by atoms with Gasteiger partial charge in [-0.2, -0.15) is 4.98 Å². The Morgan fingerprint density at radius 3 is 2.63 bits per heavy atom. The van der Waals surface area contributed by atoms with Gasteiger partial charge in [-0.15, -0.1) is 0 Å². The molecule has 2 aliphatic heterocycles. The molecule has 38 heavy (non-hydrogen) atoms. The summed E-state index contributed by atoms with van der Waals surface area (Å²) < 4.78 is 46.1. The molecule has 1 aromatic heterocycles. The number of nitrogens with one attached hydrogen (secondary N) is 2. The average Bonchev–Trinajstić information content (AvgIpc) is 3.18. The first-order chi connectivity index (χ1) is 17.8. The maximum atomic E-state index is 15.1. The molecule has 0 bridgehead atoms. The lowest BCUT2D eigenvalue weighted by Gasteiger charge is -2.32. The molecule has 0 aliphatic carbocycles. The Morgan fingerprint density at radius 2 is 2.03 bits per heavy atom. The van der Waals surface area contributed by atoms with Crippen molar-refractivity contribution >= 4 is 27.5 Å². The van der Waals surface area contributed by atoms with E-state index in [1.165, 1.54) is 12.1 Å². The third-order valence-corrected chi connectivity index (χ3v) is 7.41. The molecule has 3 amide bonds. The van der Waals surface area contributed by atoms with Gasteiger partial charge in [0.2, 0.25) is 15.7 Å². The van der Waals surface area contributed by atoms with Gasteiger partial charge < -0.3 is 25.2 Å². The number of sulfone groups is 1. The van der Waals surface area contributed by atoms with Crippen LogP contribution in [0, 0.1) is 5.82 Å². The largest absolute Gasteiger partial charge is 0.469 e. The molecule has 0 saturated carbocycles. The number of fused-ring (bicyclic) bond motifs is 1. The quantitative estimate of drug-likeness (QED) is 0.526. The first kappa shape index (κ1) is 27.7. The number of rotatable bonds is 6. The molecule has 206 valence electrons. The van der Waals surface area contributed by atoms with Crippen molar-refractivity contribution in [2.75, 3.05) is 44.8 Å². The van der Waals surface area contributed by atoms with E-state index in [4.69, 9.17) is 4.74 Å². The van der Waals surface area contributed by atoms with Gasteiger partial charge in [0.15, 0.2) is 0 Å². The van der Waals surface area contributed by atoms with Gasteiger partial charge >= 0.3 is 6.03 Å². The van der Waals surface area contributed by atoms with Crippen molar-refractivity contribution in [1.82, 2.24) is 25.1 Å². The third kappa shape index (κ3) is 5.88. The zero-order chi connectivity index (χ0) is 27.8. The Kier molecular flexibility index (Phi) is 7.62. The monoisotopic (exact) mass is 548 g/mol. The van der Waals surface area contributed by atoms with Crippen molar-refractivity contribution < 1.29 is 27.1 Å². The van der Waals surface area contributed by atoms with Crippen LogP contribution in [0.5, 0.6) is 5.88 Å². The summed E-state index contributed by atoms with van der Waals surface area (Å²) in [6, 6.07) is 3.46. The number of nitrogens with zero attached hydrogens (tertiary/aromatic N) is 4. The summed E-state index contributed by atoms with van der Waals surface area (Å²) in [5.74, 6) is -1.38. The molecular formula is C25H33FN6O5S. The van der Waals surface area contributed by atoms with Crippen molar-refractivity contribution in [2.45, 2.75) is 50.4 Å².